The van der Waals surface area contributed by atoms with Gasteiger partial charge in [-0.1, -0.05) is 51.3 Å². The largest absolute Gasteiger partial charge is 0.463 e. The second-order valence-corrected chi connectivity index (χ2v) is 13.6. The van der Waals surface area contributed by atoms with Gasteiger partial charge >= 0.3 is 35.8 Å². The molecule has 14 nitrogen and oxygen atoms in total. The van der Waals surface area contributed by atoms with Crippen LogP contribution < -0.4 is 9.47 Å². The third-order valence-electron chi connectivity index (χ3n) is 8.95. The van der Waals surface area contributed by atoms with Crippen LogP contribution in [0, 0.1) is 0 Å². The van der Waals surface area contributed by atoms with E-state index < -0.39 is 35.8 Å². The predicted molar refractivity (Wildman–Crippen MR) is 237 cm³/mol. The third-order valence-corrected chi connectivity index (χ3v) is 8.95. The third kappa shape index (κ3) is 20.3. The highest BCUT2D eigenvalue weighted by Crippen LogP contribution is 2.18. The Morgan fingerprint density at radius 3 is 1.09 bits per heavy atom. The maximum Gasteiger partial charge on any atom is 0.343 e. The Kier molecular flexibility index (Phi) is 24.3. The summed E-state index contributed by atoms with van der Waals surface area (Å²) in [5.41, 5.74) is 3.94. The molecule has 0 aliphatic rings. The first-order valence-electron chi connectivity index (χ1n) is 21.0. The summed E-state index contributed by atoms with van der Waals surface area (Å²) < 4.78 is 41.3. The molecule has 0 fully saturated rings. The maximum atomic E-state index is 12.2. The maximum absolute atomic E-state index is 12.2. The summed E-state index contributed by atoms with van der Waals surface area (Å²) in [5.74, 6) is -2.06. The number of rotatable bonds is 26. The van der Waals surface area contributed by atoms with Crippen LogP contribution in [-0.2, 0) is 50.9 Å². The molecule has 0 unspecified atom stereocenters. The van der Waals surface area contributed by atoms with E-state index in [0.29, 0.717) is 60.2 Å². The van der Waals surface area contributed by atoms with Crippen molar-refractivity contribution in [3.05, 3.63) is 156 Å². The molecule has 0 atom stereocenters. The number of ether oxygens (including phenoxy) is 8. The lowest BCUT2D eigenvalue weighted by Crippen LogP contribution is -2.14. The molecule has 0 bridgehead atoms. The first kappa shape index (κ1) is 51.5. The van der Waals surface area contributed by atoms with Crippen molar-refractivity contribution < 1.29 is 66.7 Å². The lowest BCUT2D eigenvalue weighted by Gasteiger charge is -2.08. The van der Waals surface area contributed by atoms with Crippen molar-refractivity contribution in [1.29, 1.82) is 0 Å². The van der Waals surface area contributed by atoms with Crippen LogP contribution in [-0.4, -0.2) is 88.7 Å². The zero-order valence-electron chi connectivity index (χ0n) is 36.4. The first-order valence-corrected chi connectivity index (χ1v) is 21.0. The molecule has 0 saturated heterocycles. The molecule has 0 heterocycles. The minimum absolute atomic E-state index is 0.0836. The standard InChI is InChI=1S/C25H28O8.C25H28O6/c1-3-19-5-7-21(8-6-19)25(28)33-22-11-9-20(10-12-22)24(27)32-18-16-30-14-13-29-15-17-31-23(26)4-2;1-3-19-9-11-21(12-10-19)25(28)31-22-15-13-20(14-16-22)24(27)30-18-8-6-5-7-17-29-23(26)4-2/h4-12H,2-3,13-18H2,1H3;4,9-16H,2-3,5-8,17-18H2,1H3. The highest BCUT2D eigenvalue weighted by molar-refractivity contribution is 5.93. The summed E-state index contributed by atoms with van der Waals surface area (Å²) in [6.07, 6.45) is 7.26. The molecule has 0 aliphatic carbocycles. The van der Waals surface area contributed by atoms with E-state index in [1.165, 1.54) is 24.3 Å². The van der Waals surface area contributed by atoms with Gasteiger partial charge in [0, 0.05) is 12.2 Å². The van der Waals surface area contributed by atoms with Crippen molar-refractivity contribution in [2.45, 2.75) is 52.4 Å². The number of aryl methyl sites for hydroxylation is 2. The Hall–Kier alpha value is -6.90. The molecule has 4 rings (SSSR count). The van der Waals surface area contributed by atoms with Crippen LogP contribution in [0.15, 0.2) is 122 Å². The molecule has 0 aliphatic heterocycles. The predicted octanol–water partition coefficient (Wildman–Crippen LogP) is 8.30. The van der Waals surface area contributed by atoms with Crippen molar-refractivity contribution >= 4 is 35.8 Å². The Labute approximate surface area is 374 Å². The Bertz CT molecular complexity index is 2070. The number of benzene rings is 4. The summed E-state index contributed by atoms with van der Waals surface area (Å²) in [6, 6.07) is 26.9. The van der Waals surface area contributed by atoms with Gasteiger partial charge in [0.2, 0.25) is 0 Å². The number of esters is 6. The minimum atomic E-state index is -0.507. The van der Waals surface area contributed by atoms with Crippen LogP contribution in [0.1, 0.15) is 92.1 Å². The Morgan fingerprint density at radius 2 is 0.703 bits per heavy atom. The molecule has 64 heavy (non-hydrogen) atoms. The molecule has 0 N–H and O–H groups in total. The van der Waals surface area contributed by atoms with Gasteiger partial charge in [-0.3, -0.25) is 0 Å². The summed E-state index contributed by atoms with van der Waals surface area (Å²) in [5, 5.41) is 0. The zero-order chi connectivity index (χ0) is 46.4. The van der Waals surface area contributed by atoms with Gasteiger partial charge in [0.1, 0.15) is 24.7 Å². The number of hydrogen-bond donors (Lipinski definition) is 0. The highest BCUT2D eigenvalue weighted by Gasteiger charge is 2.13. The molecular weight excluding hydrogens is 825 g/mol. The average Bonchev–Trinajstić information content (AvgIpc) is 3.33. The van der Waals surface area contributed by atoms with E-state index in [9.17, 15) is 28.8 Å². The summed E-state index contributed by atoms with van der Waals surface area (Å²) in [6.45, 7) is 12.7. The molecule has 4 aromatic carbocycles. The Balaban J connectivity index is 0.000000341. The fraction of sp³-hybridized carbons (Fsp3) is 0.320. The fourth-order valence-corrected chi connectivity index (χ4v) is 5.30. The lowest BCUT2D eigenvalue weighted by atomic mass is 10.1. The SMILES string of the molecule is C=CC(=O)OCCCCCCOC(=O)c1ccc(OC(=O)c2ccc(CC)cc2)cc1.C=CC(=O)OCCOCCOCCOC(=O)c1ccc(OC(=O)c2ccc(CC)cc2)cc1. The molecule has 14 heteroatoms. The van der Waals surface area contributed by atoms with Gasteiger partial charge in [-0.2, -0.15) is 0 Å². The van der Waals surface area contributed by atoms with Crippen molar-refractivity contribution in [3.63, 3.8) is 0 Å². The van der Waals surface area contributed by atoms with Gasteiger partial charge < -0.3 is 37.9 Å². The summed E-state index contributed by atoms with van der Waals surface area (Å²) in [4.78, 5) is 70.3. The van der Waals surface area contributed by atoms with Gasteiger partial charge in [-0.05, 0) is 122 Å². The van der Waals surface area contributed by atoms with E-state index in [4.69, 9.17) is 37.9 Å². The molecule has 0 aromatic heterocycles. The van der Waals surface area contributed by atoms with E-state index in [1.807, 2.05) is 38.1 Å². The van der Waals surface area contributed by atoms with E-state index in [-0.39, 0.29) is 26.4 Å². The van der Waals surface area contributed by atoms with E-state index in [0.717, 1.165) is 61.8 Å². The Morgan fingerprint density at radius 1 is 0.391 bits per heavy atom. The zero-order valence-corrected chi connectivity index (χ0v) is 36.4. The van der Waals surface area contributed by atoms with Gasteiger partial charge in [-0.25, -0.2) is 28.8 Å². The molecule has 0 saturated carbocycles. The fourth-order valence-electron chi connectivity index (χ4n) is 5.30. The lowest BCUT2D eigenvalue weighted by molar-refractivity contribution is -0.139. The second-order valence-electron chi connectivity index (χ2n) is 13.6. The van der Waals surface area contributed by atoms with Crippen molar-refractivity contribution in [1.82, 2.24) is 0 Å². The topological polar surface area (TPSA) is 176 Å². The van der Waals surface area contributed by atoms with E-state index in [2.05, 4.69) is 13.2 Å². The van der Waals surface area contributed by atoms with Crippen LogP contribution in [0.3, 0.4) is 0 Å². The molecule has 0 radical (unpaired) electrons. The smallest absolute Gasteiger partial charge is 0.343 e. The van der Waals surface area contributed by atoms with Crippen molar-refractivity contribution in [2.24, 2.45) is 0 Å². The second kappa shape index (κ2) is 30.2. The number of unbranched alkanes of at least 4 members (excludes halogenated alkanes) is 3. The van der Waals surface area contributed by atoms with Gasteiger partial charge in [0.05, 0.1) is 61.9 Å². The molecule has 0 spiro atoms. The van der Waals surface area contributed by atoms with E-state index in [1.54, 1.807) is 48.5 Å². The van der Waals surface area contributed by atoms with Crippen molar-refractivity contribution in [2.75, 3.05) is 52.9 Å². The molecule has 4 aromatic rings. The normalized spacial score (nSPS) is 10.3. The molecule has 0 amide bonds. The van der Waals surface area contributed by atoms with Crippen LogP contribution in [0.25, 0.3) is 0 Å². The van der Waals surface area contributed by atoms with Gasteiger partial charge in [-0.15, -0.1) is 0 Å². The van der Waals surface area contributed by atoms with Crippen LogP contribution >= 0.6 is 0 Å². The summed E-state index contributed by atoms with van der Waals surface area (Å²) in [7, 11) is 0. The van der Waals surface area contributed by atoms with Gasteiger partial charge in [0.15, 0.2) is 0 Å². The minimum Gasteiger partial charge on any atom is -0.463 e. The van der Waals surface area contributed by atoms with Gasteiger partial charge in [0.25, 0.3) is 0 Å². The highest BCUT2D eigenvalue weighted by atomic mass is 16.6. The van der Waals surface area contributed by atoms with E-state index >= 15 is 0 Å². The van der Waals surface area contributed by atoms with Crippen molar-refractivity contribution in [3.8, 4) is 11.5 Å². The molecule has 340 valence electrons. The number of hydrogen-bond acceptors (Lipinski definition) is 14. The first-order chi connectivity index (χ1) is 31.1. The average molecular weight is 881 g/mol. The summed E-state index contributed by atoms with van der Waals surface area (Å²) >= 11 is 0. The quantitative estimate of drug-likeness (QED) is 0.0193. The number of carbonyl (C=O) groups is 6. The monoisotopic (exact) mass is 880 g/mol. The number of carbonyl (C=O) groups excluding carboxylic acids is 6. The van der Waals surface area contributed by atoms with Crippen LogP contribution in [0.5, 0.6) is 11.5 Å². The van der Waals surface area contributed by atoms with Crippen LogP contribution in [0.4, 0.5) is 0 Å². The molecular formula is C50H56O14. The van der Waals surface area contributed by atoms with Crippen LogP contribution in [0.2, 0.25) is 0 Å².